The number of carbonyl (C=O) groups is 1. The summed E-state index contributed by atoms with van der Waals surface area (Å²) in [6.07, 6.45) is 7.68. The lowest BCUT2D eigenvalue weighted by Crippen LogP contribution is -2.50. The monoisotopic (exact) mass is 517 g/mol. The smallest absolute Gasteiger partial charge is 0.410 e. The summed E-state index contributed by atoms with van der Waals surface area (Å²) in [6, 6.07) is 9.31. The lowest BCUT2D eigenvalue weighted by molar-refractivity contribution is 0.0240. The highest BCUT2D eigenvalue weighted by molar-refractivity contribution is 5.71. The molecule has 1 aliphatic heterocycles. The molecule has 0 spiro atoms. The van der Waals surface area contributed by atoms with E-state index in [0.717, 1.165) is 42.6 Å². The van der Waals surface area contributed by atoms with E-state index in [1.165, 1.54) is 0 Å². The van der Waals surface area contributed by atoms with Gasteiger partial charge in [-0.1, -0.05) is 12.8 Å². The van der Waals surface area contributed by atoms with Gasteiger partial charge in [-0.2, -0.15) is 0 Å². The topological polar surface area (TPSA) is 119 Å². The van der Waals surface area contributed by atoms with E-state index >= 15 is 0 Å². The van der Waals surface area contributed by atoms with Gasteiger partial charge in [0.2, 0.25) is 0 Å². The number of ether oxygens (including phenoxy) is 1. The maximum atomic E-state index is 12.5. The van der Waals surface area contributed by atoms with Gasteiger partial charge in [0.1, 0.15) is 17.1 Å². The van der Waals surface area contributed by atoms with E-state index in [1.807, 2.05) is 55.8 Å². The molecule has 10 heteroatoms. The fourth-order valence-electron chi connectivity index (χ4n) is 5.08. The molecule has 0 unspecified atom stereocenters. The molecular formula is C28H35N7O3. The van der Waals surface area contributed by atoms with E-state index in [9.17, 15) is 9.59 Å². The number of carbonyl (C=O) groups excluding carboxylic acids is 1. The van der Waals surface area contributed by atoms with E-state index in [4.69, 9.17) is 15.5 Å². The van der Waals surface area contributed by atoms with Gasteiger partial charge in [-0.05, 0) is 57.9 Å². The van der Waals surface area contributed by atoms with Crippen molar-refractivity contribution in [3.63, 3.8) is 0 Å². The molecular weight excluding hydrogens is 482 g/mol. The number of nitrogens with two attached hydrogens (primary N) is 1. The first-order valence-electron chi connectivity index (χ1n) is 13.2. The highest BCUT2D eigenvalue weighted by Crippen LogP contribution is 2.30. The maximum Gasteiger partial charge on any atom is 0.410 e. The Morgan fingerprint density at radius 2 is 1.71 bits per heavy atom. The van der Waals surface area contributed by atoms with Gasteiger partial charge in [0.05, 0.1) is 11.4 Å². The molecule has 200 valence electrons. The van der Waals surface area contributed by atoms with Crippen LogP contribution in [0.4, 0.5) is 16.3 Å². The second kappa shape index (κ2) is 10.4. The number of nitrogens with zero attached hydrogens (tertiary/aromatic N) is 6. The number of anilines is 2. The SMILES string of the molecule is CC(C)(C)OC(=O)N1CCN(c2ccc(-c3nccc(-c4ccc(=O)n(C5CCCC5)c4)n3)nc2N)CC1. The zero-order valence-electron chi connectivity index (χ0n) is 22.3. The Kier molecular flexibility index (Phi) is 7.05. The second-order valence-corrected chi connectivity index (χ2v) is 10.9. The van der Waals surface area contributed by atoms with Crippen LogP contribution in [0.1, 0.15) is 52.5 Å². The number of amides is 1. The minimum atomic E-state index is -0.519. The van der Waals surface area contributed by atoms with Crippen molar-refractivity contribution >= 4 is 17.6 Å². The van der Waals surface area contributed by atoms with E-state index in [-0.39, 0.29) is 17.7 Å². The third kappa shape index (κ3) is 5.64. The van der Waals surface area contributed by atoms with Crippen LogP contribution in [0.3, 0.4) is 0 Å². The van der Waals surface area contributed by atoms with Crippen LogP contribution in [0.5, 0.6) is 0 Å². The van der Waals surface area contributed by atoms with E-state index in [2.05, 4.69) is 14.9 Å². The van der Waals surface area contributed by atoms with Gasteiger partial charge in [0, 0.05) is 56.2 Å². The Hall–Kier alpha value is -3.95. The molecule has 0 atom stereocenters. The van der Waals surface area contributed by atoms with Crippen molar-refractivity contribution in [1.82, 2.24) is 24.4 Å². The van der Waals surface area contributed by atoms with Crippen LogP contribution >= 0.6 is 0 Å². The highest BCUT2D eigenvalue weighted by Gasteiger charge is 2.27. The standard InChI is InChI=1S/C28H35N7O3/c1-28(2,3)38-27(37)34-16-14-33(15-17-34)23-10-9-22(31-25(23)29)26-30-13-12-21(32-26)19-8-11-24(36)35(18-19)20-6-4-5-7-20/h8-13,18,20H,4-7,14-17H2,1-3H3,(H2,29,31). The number of nitrogen functional groups attached to an aromatic ring is 1. The molecule has 3 aromatic rings. The number of pyridine rings is 2. The third-order valence-electron chi connectivity index (χ3n) is 7.01. The number of hydrogen-bond acceptors (Lipinski definition) is 8. The summed E-state index contributed by atoms with van der Waals surface area (Å²) < 4.78 is 7.33. The van der Waals surface area contributed by atoms with Crippen molar-refractivity contribution in [3.05, 3.63) is 53.1 Å². The summed E-state index contributed by atoms with van der Waals surface area (Å²) in [5.41, 5.74) is 8.86. The maximum absolute atomic E-state index is 12.5. The molecule has 0 radical (unpaired) electrons. The zero-order chi connectivity index (χ0) is 26.9. The third-order valence-corrected chi connectivity index (χ3v) is 7.01. The molecule has 2 aliphatic rings. The number of rotatable bonds is 4. The summed E-state index contributed by atoms with van der Waals surface area (Å²) >= 11 is 0. The van der Waals surface area contributed by atoms with Crippen LogP contribution in [-0.2, 0) is 4.74 Å². The molecule has 1 aliphatic carbocycles. The van der Waals surface area contributed by atoms with Gasteiger partial charge in [0.15, 0.2) is 5.82 Å². The van der Waals surface area contributed by atoms with Gasteiger partial charge >= 0.3 is 6.09 Å². The largest absolute Gasteiger partial charge is 0.444 e. The molecule has 38 heavy (non-hydrogen) atoms. The predicted molar refractivity (Wildman–Crippen MR) is 147 cm³/mol. The van der Waals surface area contributed by atoms with Crippen molar-refractivity contribution in [2.45, 2.75) is 58.1 Å². The van der Waals surface area contributed by atoms with Crippen LogP contribution in [0, 0.1) is 0 Å². The van der Waals surface area contributed by atoms with Crippen LogP contribution < -0.4 is 16.2 Å². The lowest BCUT2D eigenvalue weighted by atomic mass is 10.1. The van der Waals surface area contributed by atoms with E-state index in [1.54, 1.807) is 17.2 Å². The quantitative estimate of drug-likeness (QED) is 0.549. The lowest BCUT2D eigenvalue weighted by Gasteiger charge is -2.37. The first-order valence-corrected chi connectivity index (χ1v) is 13.2. The van der Waals surface area contributed by atoms with Gasteiger partial charge in [-0.3, -0.25) is 4.79 Å². The van der Waals surface area contributed by atoms with E-state index < -0.39 is 5.60 Å². The van der Waals surface area contributed by atoms with Crippen LogP contribution in [0.2, 0.25) is 0 Å². The van der Waals surface area contributed by atoms with Gasteiger partial charge < -0.3 is 24.8 Å². The molecule has 1 amide bonds. The second-order valence-electron chi connectivity index (χ2n) is 10.9. The van der Waals surface area contributed by atoms with Crippen LogP contribution in [0.25, 0.3) is 22.8 Å². The van der Waals surface area contributed by atoms with Crippen molar-refractivity contribution in [3.8, 4) is 22.8 Å². The van der Waals surface area contributed by atoms with Crippen molar-refractivity contribution in [1.29, 1.82) is 0 Å². The average Bonchev–Trinajstić information content (AvgIpc) is 3.43. The molecule has 1 saturated carbocycles. The Labute approximate surface area is 222 Å². The summed E-state index contributed by atoms with van der Waals surface area (Å²) in [6.45, 7) is 7.95. The minimum Gasteiger partial charge on any atom is -0.444 e. The molecule has 2 fully saturated rings. The van der Waals surface area contributed by atoms with E-state index in [0.29, 0.717) is 43.5 Å². The summed E-state index contributed by atoms with van der Waals surface area (Å²) in [5.74, 6) is 0.853. The predicted octanol–water partition coefficient (Wildman–Crippen LogP) is 4.12. The van der Waals surface area contributed by atoms with Gasteiger partial charge in [-0.25, -0.2) is 19.7 Å². The first kappa shape index (κ1) is 25.7. The fraction of sp³-hybridized carbons (Fsp3) is 0.464. The zero-order valence-corrected chi connectivity index (χ0v) is 22.3. The first-order chi connectivity index (χ1) is 18.2. The highest BCUT2D eigenvalue weighted by atomic mass is 16.6. The molecule has 3 aromatic heterocycles. The number of aromatic nitrogens is 4. The minimum absolute atomic E-state index is 0.0203. The molecule has 0 aromatic carbocycles. The molecule has 2 N–H and O–H groups in total. The number of hydrogen-bond donors (Lipinski definition) is 1. The average molecular weight is 518 g/mol. The molecule has 4 heterocycles. The molecule has 1 saturated heterocycles. The van der Waals surface area contributed by atoms with Gasteiger partial charge in [-0.15, -0.1) is 0 Å². The van der Waals surface area contributed by atoms with Crippen molar-refractivity contribution < 1.29 is 9.53 Å². The molecule has 5 rings (SSSR count). The Bertz CT molecular complexity index is 1370. The fourth-order valence-corrected chi connectivity index (χ4v) is 5.08. The van der Waals surface area contributed by atoms with Gasteiger partial charge in [0.25, 0.3) is 5.56 Å². The van der Waals surface area contributed by atoms with Crippen molar-refractivity contribution in [2.24, 2.45) is 0 Å². The molecule has 10 nitrogen and oxygen atoms in total. The van der Waals surface area contributed by atoms with Crippen molar-refractivity contribution in [2.75, 3.05) is 36.8 Å². The Morgan fingerprint density at radius 3 is 2.39 bits per heavy atom. The van der Waals surface area contributed by atoms with Crippen LogP contribution in [-0.4, -0.2) is 62.3 Å². The molecule has 0 bridgehead atoms. The summed E-state index contributed by atoms with van der Waals surface area (Å²) in [5, 5.41) is 0. The Balaban J connectivity index is 1.31. The number of piperazine rings is 1. The summed E-state index contributed by atoms with van der Waals surface area (Å²) in [7, 11) is 0. The normalized spacial score (nSPS) is 16.6. The summed E-state index contributed by atoms with van der Waals surface area (Å²) in [4.78, 5) is 42.4. The van der Waals surface area contributed by atoms with Crippen LogP contribution in [0.15, 0.2) is 47.5 Å². The Morgan fingerprint density at radius 1 is 0.974 bits per heavy atom.